The van der Waals surface area contributed by atoms with Gasteiger partial charge < -0.3 is 10.1 Å². The number of hydrogen-bond donors (Lipinski definition) is 1. The minimum Gasteiger partial charge on any atom is -0.468 e. The topological polar surface area (TPSA) is 72.5 Å². The molecule has 2 aromatic rings. The van der Waals surface area contributed by atoms with Crippen LogP contribution in [0.1, 0.15) is 26.3 Å². The third-order valence-electron chi connectivity index (χ3n) is 3.14. The summed E-state index contributed by atoms with van der Waals surface area (Å²) in [7, 11) is 1.24. The van der Waals surface area contributed by atoms with Crippen molar-refractivity contribution in [3.63, 3.8) is 0 Å². The van der Waals surface area contributed by atoms with Gasteiger partial charge in [-0.05, 0) is 30.3 Å². The lowest BCUT2D eigenvalue weighted by molar-refractivity contribution is -0.139. The van der Waals surface area contributed by atoms with E-state index < -0.39 is 11.9 Å². The number of ketones is 1. The highest BCUT2D eigenvalue weighted by Crippen LogP contribution is 2.17. The molecule has 0 aromatic heterocycles. The smallest absolute Gasteiger partial charge is 0.325 e. The lowest BCUT2D eigenvalue weighted by Crippen LogP contribution is -2.31. The number of halogens is 1. The molecule has 5 nitrogen and oxygen atoms in total. The van der Waals surface area contributed by atoms with Crippen molar-refractivity contribution in [2.75, 3.05) is 13.7 Å². The highest BCUT2D eigenvalue weighted by atomic mass is 79.9. The average Bonchev–Trinajstić information content (AvgIpc) is 2.59. The van der Waals surface area contributed by atoms with E-state index in [0.717, 1.165) is 4.47 Å². The highest BCUT2D eigenvalue weighted by molar-refractivity contribution is 9.10. The molecular formula is C17H14BrNO4. The van der Waals surface area contributed by atoms with Crippen LogP contribution in [0.2, 0.25) is 0 Å². The average molecular weight is 376 g/mol. The molecule has 0 radical (unpaired) electrons. The molecule has 0 aliphatic heterocycles. The zero-order valence-corrected chi connectivity index (χ0v) is 13.9. The lowest BCUT2D eigenvalue weighted by Gasteiger charge is -2.09. The Labute approximate surface area is 141 Å². The Bertz CT molecular complexity index is 741. The molecule has 0 heterocycles. The van der Waals surface area contributed by atoms with Gasteiger partial charge in [0.15, 0.2) is 5.78 Å². The zero-order chi connectivity index (χ0) is 16.8. The third-order valence-corrected chi connectivity index (χ3v) is 3.67. The number of hydrogen-bond acceptors (Lipinski definition) is 4. The van der Waals surface area contributed by atoms with Crippen LogP contribution in [0.3, 0.4) is 0 Å². The predicted molar refractivity (Wildman–Crippen MR) is 88.4 cm³/mol. The van der Waals surface area contributed by atoms with Crippen LogP contribution in [0.15, 0.2) is 53.0 Å². The van der Waals surface area contributed by atoms with Crippen molar-refractivity contribution in [1.29, 1.82) is 0 Å². The van der Waals surface area contributed by atoms with Crippen molar-refractivity contribution in [1.82, 2.24) is 5.32 Å². The Morgan fingerprint density at radius 1 is 1.00 bits per heavy atom. The second kappa shape index (κ2) is 7.69. The van der Waals surface area contributed by atoms with Crippen LogP contribution in [-0.4, -0.2) is 31.3 Å². The first-order chi connectivity index (χ1) is 11.0. The molecule has 6 heteroatoms. The molecule has 0 unspecified atom stereocenters. The van der Waals surface area contributed by atoms with Gasteiger partial charge in [-0.15, -0.1) is 0 Å². The molecule has 23 heavy (non-hydrogen) atoms. The normalized spacial score (nSPS) is 10.0. The minimum absolute atomic E-state index is 0.212. The molecule has 1 N–H and O–H groups in total. The number of carbonyl (C=O) groups is 3. The van der Waals surface area contributed by atoms with E-state index in [1.807, 2.05) is 0 Å². The van der Waals surface area contributed by atoms with E-state index in [9.17, 15) is 14.4 Å². The molecule has 0 saturated heterocycles. The van der Waals surface area contributed by atoms with Crippen molar-refractivity contribution in [2.45, 2.75) is 0 Å². The molecule has 0 bridgehead atoms. The quantitative estimate of drug-likeness (QED) is 0.643. The van der Waals surface area contributed by atoms with Crippen LogP contribution >= 0.6 is 15.9 Å². The molecular weight excluding hydrogens is 362 g/mol. The number of nitrogens with one attached hydrogen (secondary N) is 1. The molecule has 1 amide bonds. The van der Waals surface area contributed by atoms with Gasteiger partial charge in [0.25, 0.3) is 5.91 Å². The van der Waals surface area contributed by atoms with Gasteiger partial charge in [-0.25, -0.2) is 0 Å². The van der Waals surface area contributed by atoms with E-state index >= 15 is 0 Å². The third kappa shape index (κ3) is 4.26. The van der Waals surface area contributed by atoms with Crippen LogP contribution in [0.5, 0.6) is 0 Å². The van der Waals surface area contributed by atoms with Crippen molar-refractivity contribution < 1.29 is 19.1 Å². The summed E-state index contributed by atoms with van der Waals surface area (Å²) in [5, 5.41) is 2.43. The Morgan fingerprint density at radius 3 is 2.22 bits per heavy atom. The molecule has 118 valence electrons. The van der Waals surface area contributed by atoms with E-state index in [-0.39, 0.29) is 23.5 Å². The van der Waals surface area contributed by atoms with Gasteiger partial charge >= 0.3 is 5.97 Å². The Kier molecular flexibility index (Phi) is 5.65. The lowest BCUT2D eigenvalue weighted by atomic mass is 9.98. The molecule has 0 saturated carbocycles. The first-order valence-corrected chi connectivity index (χ1v) is 7.56. The molecule has 2 rings (SSSR count). The maximum atomic E-state index is 12.6. The number of amides is 1. The first kappa shape index (κ1) is 16.9. The van der Waals surface area contributed by atoms with Crippen molar-refractivity contribution in [3.8, 4) is 0 Å². The number of rotatable bonds is 5. The van der Waals surface area contributed by atoms with E-state index in [2.05, 4.69) is 26.0 Å². The highest BCUT2D eigenvalue weighted by Gasteiger charge is 2.18. The van der Waals surface area contributed by atoms with Gasteiger partial charge in [0.2, 0.25) is 0 Å². The van der Waals surface area contributed by atoms with Crippen molar-refractivity contribution >= 4 is 33.6 Å². The number of ether oxygens (including phenoxy) is 1. The Hall–Kier alpha value is -2.47. The fourth-order valence-electron chi connectivity index (χ4n) is 1.96. The molecule has 0 aliphatic rings. The van der Waals surface area contributed by atoms with E-state index in [0.29, 0.717) is 5.56 Å². The minimum atomic E-state index is -0.560. The molecule has 0 atom stereocenters. The summed E-state index contributed by atoms with van der Waals surface area (Å²) >= 11 is 3.31. The zero-order valence-electron chi connectivity index (χ0n) is 12.3. The van der Waals surface area contributed by atoms with Crippen LogP contribution < -0.4 is 5.32 Å². The maximum absolute atomic E-state index is 12.6. The summed E-state index contributed by atoms with van der Waals surface area (Å²) in [6.07, 6.45) is 0. The van der Waals surface area contributed by atoms with E-state index in [1.165, 1.54) is 7.11 Å². The number of methoxy groups -OCH3 is 1. The van der Waals surface area contributed by atoms with Gasteiger partial charge in [-0.2, -0.15) is 0 Å². The molecule has 0 spiro atoms. The van der Waals surface area contributed by atoms with E-state index in [4.69, 9.17) is 0 Å². The number of esters is 1. The van der Waals surface area contributed by atoms with Crippen LogP contribution in [0, 0.1) is 0 Å². The maximum Gasteiger partial charge on any atom is 0.325 e. The predicted octanol–water partition coefficient (Wildman–Crippen LogP) is 2.58. The molecule has 0 aliphatic carbocycles. The van der Waals surface area contributed by atoms with Crippen LogP contribution in [0.4, 0.5) is 0 Å². The second-order valence-electron chi connectivity index (χ2n) is 4.64. The SMILES string of the molecule is COC(=O)CNC(=O)c1ccccc1C(=O)c1ccc(Br)cc1. The number of carbonyl (C=O) groups excluding carboxylic acids is 3. The van der Waals surface area contributed by atoms with E-state index in [1.54, 1.807) is 48.5 Å². The fourth-order valence-corrected chi connectivity index (χ4v) is 2.22. The van der Waals surface area contributed by atoms with Gasteiger partial charge in [0.05, 0.1) is 12.7 Å². The summed E-state index contributed by atoms with van der Waals surface area (Å²) < 4.78 is 5.33. The van der Waals surface area contributed by atoms with Crippen LogP contribution in [0.25, 0.3) is 0 Å². The summed E-state index contributed by atoms with van der Waals surface area (Å²) in [6, 6.07) is 13.3. The largest absolute Gasteiger partial charge is 0.468 e. The van der Waals surface area contributed by atoms with Gasteiger partial charge in [-0.3, -0.25) is 14.4 Å². The summed E-state index contributed by atoms with van der Waals surface area (Å²) in [5.41, 5.74) is 0.961. The summed E-state index contributed by atoms with van der Waals surface area (Å²) in [6.45, 7) is -0.254. The summed E-state index contributed by atoms with van der Waals surface area (Å²) in [5.74, 6) is -1.33. The molecule has 2 aromatic carbocycles. The van der Waals surface area contributed by atoms with Gasteiger partial charge in [0, 0.05) is 15.6 Å². The number of benzene rings is 2. The Balaban J connectivity index is 2.26. The Morgan fingerprint density at radius 2 is 1.61 bits per heavy atom. The van der Waals surface area contributed by atoms with Crippen LogP contribution in [-0.2, 0) is 9.53 Å². The summed E-state index contributed by atoms with van der Waals surface area (Å²) in [4.78, 5) is 35.9. The monoisotopic (exact) mass is 375 g/mol. The first-order valence-electron chi connectivity index (χ1n) is 6.77. The fraction of sp³-hybridized carbons (Fsp3) is 0.118. The molecule has 0 fully saturated rings. The van der Waals surface area contributed by atoms with Crippen molar-refractivity contribution in [3.05, 3.63) is 69.7 Å². The second-order valence-corrected chi connectivity index (χ2v) is 5.56. The van der Waals surface area contributed by atoms with Gasteiger partial charge in [0.1, 0.15) is 6.54 Å². The van der Waals surface area contributed by atoms with Crippen molar-refractivity contribution in [2.24, 2.45) is 0 Å². The van der Waals surface area contributed by atoms with Gasteiger partial charge in [-0.1, -0.05) is 34.1 Å². The standard InChI is InChI=1S/C17H14BrNO4/c1-23-15(20)10-19-17(22)14-5-3-2-4-13(14)16(21)11-6-8-12(18)9-7-11/h2-9H,10H2,1H3,(H,19,22).